The molecule has 2 aromatic rings. The standard InChI is InChI=1S/C7H8N6O.C3H6.3C2H6/c1-4-2-11-13-5(4)9-3-10-7(13)12-6(8)14;1-3-2;3*1-2/h2-3H,1H3,(H3,8,9,10,12,14);3H,1H2,2H3;3*1-2H3. The molecule has 23 heavy (non-hydrogen) atoms. The fourth-order valence-corrected chi connectivity index (χ4v) is 1.12. The van der Waals surface area contributed by atoms with Gasteiger partial charge in [0.15, 0.2) is 5.65 Å². The molecule has 0 fully saturated rings. The van der Waals surface area contributed by atoms with E-state index < -0.39 is 6.03 Å². The minimum Gasteiger partial charge on any atom is -0.351 e. The Kier molecular flexibility index (Phi) is 19.5. The molecule has 2 heterocycles. The predicted octanol–water partition coefficient (Wildman–Crippen LogP) is 4.19. The summed E-state index contributed by atoms with van der Waals surface area (Å²) in [5.74, 6) is 0.260. The maximum absolute atomic E-state index is 10.6. The molecule has 0 radical (unpaired) electrons. The third kappa shape index (κ3) is 10.00. The minimum atomic E-state index is -0.682. The summed E-state index contributed by atoms with van der Waals surface area (Å²) >= 11 is 0. The van der Waals surface area contributed by atoms with Crippen LogP contribution in [0.5, 0.6) is 0 Å². The monoisotopic (exact) mass is 324 g/mol. The first-order valence-electron chi connectivity index (χ1n) is 7.89. The van der Waals surface area contributed by atoms with Gasteiger partial charge in [-0.2, -0.15) is 9.61 Å². The highest BCUT2D eigenvalue weighted by atomic mass is 16.2. The number of hydrogen-bond donors (Lipinski definition) is 2. The second-order valence-corrected chi connectivity index (χ2v) is 3.16. The molecule has 7 heteroatoms. The third-order valence-electron chi connectivity index (χ3n) is 1.72. The Bertz CT molecular complexity index is 536. The van der Waals surface area contributed by atoms with Crippen molar-refractivity contribution in [1.82, 2.24) is 19.6 Å². The highest BCUT2D eigenvalue weighted by Gasteiger charge is 2.07. The van der Waals surface area contributed by atoms with Crippen molar-refractivity contribution in [2.45, 2.75) is 55.4 Å². The van der Waals surface area contributed by atoms with Gasteiger partial charge in [-0.1, -0.05) is 47.6 Å². The number of anilines is 1. The summed E-state index contributed by atoms with van der Waals surface area (Å²) in [4.78, 5) is 18.5. The average molecular weight is 324 g/mol. The number of nitrogens with one attached hydrogen (secondary N) is 1. The highest BCUT2D eigenvalue weighted by molar-refractivity contribution is 5.86. The van der Waals surface area contributed by atoms with Gasteiger partial charge in [-0.15, -0.1) is 6.58 Å². The van der Waals surface area contributed by atoms with Crippen molar-refractivity contribution in [2.24, 2.45) is 5.73 Å². The molecule has 2 amide bonds. The zero-order valence-corrected chi connectivity index (χ0v) is 15.7. The maximum Gasteiger partial charge on any atom is 0.319 e. The SMILES string of the molecule is C=CC.CC.CC.CC.Cc1cnn2c(NC(N)=O)ncnc12. The Hall–Kier alpha value is -2.44. The quantitative estimate of drug-likeness (QED) is 0.768. The van der Waals surface area contributed by atoms with Crippen LogP contribution in [0.15, 0.2) is 25.2 Å². The second-order valence-electron chi connectivity index (χ2n) is 3.16. The van der Waals surface area contributed by atoms with E-state index >= 15 is 0 Å². The first-order chi connectivity index (χ1) is 11.1. The topological polar surface area (TPSA) is 98.2 Å². The van der Waals surface area contributed by atoms with Crippen molar-refractivity contribution >= 4 is 17.6 Å². The van der Waals surface area contributed by atoms with E-state index in [1.165, 1.54) is 10.8 Å². The van der Waals surface area contributed by atoms with Gasteiger partial charge in [0.05, 0.1) is 6.20 Å². The van der Waals surface area contributed by atoms with Crippen LogP contribution in [0.3, 0.4) is 0 Å². The largest absolute Gasteiger partial charge is 0.351 e. The Morgan fingerprint density at radius 2 is 1.70 bits per heavy atom. The first-order valence-corrected chi connectivity index (χ1v) is 7.89. The molecule has 2 aromatic heterocycles. The number of hydrogen-bond acceptors (Lipinski definition) is 4. The maximum atomic E-state index is 10.6. The zero-order chi connectivity index (χ0) is 18.8. The summed E-state index contributed by atoms with van der Waals surface area (Å²) < 4.78 is 1.42. The van der Waals surface area contributed by atoms with E-state index in [1.54, 1.807) is 12.3 Å². The lowest BCUT2D eigenvalue weighted by atomic mass is 10.4. The van der Waals surface area contributed by atoms with Gasteiger partial charge < -0.3 is 5.73 Å². The number of allylic oxidation sites excluding steroid dienone is 1. The van der Waals surface area contributed by atoms with Crippen LogP contribution in [0.25, 0.3) is 5.65 Å². The van der Waals surface area contributed by atoms with Crippen LogP contribution in [0, 0.1) is 6.92 Å². The Morgan fingerprint density at radius 1 is 1.22 bits per heavy atom. The van der Waals surface area contributed by atoms with Crippen molar-refractivity contribution in [3.63, 3.8) is 0 Å². The van der Waals surface area contributed by atoms with Crippen LogP contribution >= 0.6 is 0 Å². The number of nitrogens with zero attached hydrogens (tertiary/aromatic N) is 4. The fraction of sp³-hybridized carbons (Fsp3) is 0.500. The molecule has 0 saturated heterocycles. The summed E-state index contributed by atoms with van der Waals surface area (Å²) in [6.07, 6.45) is 4.73. The number of nitrogens with two attached hydrogens (primary N) is 1. The first kappa shape index (κ1) is 25.5. The van der Waals surface area contributed by atoms with Crippen molar-refractivity contribution < 1.29 is 4.79 Å². The molecule has 0 atom stereocenters. The molecule has 0 unspecified atom stereocenters. The van der Waals surface area contributed by atoms with Gasteiger partial charge in [0.2, 0.25) is 5.95 Å². The normalized spacial score (nSPS) is 7.65. The van der Waals surface area contributed by atoms with Gasteiger partial charge in [0, 0.05) is 5.56 Å². The molecule has 0 spiro atoms. The summed E-state index contributed by atoms with van der Waals surface area (Å²) in [6, 6.07) is -0.682. The van der Waals surface area contributed by atoms with Crippen molar-refractivity contribution in [2.75, 3.05) is 5.32 Å². The summed E-state index contributed by atoms with van der Waals surface area (Å²) in [7, 11) is 0. The molecule has 0 aliphatic rings. The molecular formula is C16H32N6O. The second kappa shape index (κ2) is 17.6. The number of primary amides is 1. The number of rotatable bonds is 1. The van der Waals surface area contributed by atoms with Crippen molar-refractivity contribution in [3.05, 3.63) is 30.7 Å². The van der Waals surface area contributed by atoms with Crippen LogP contribution in [0.4, 0.5) is 10.7 Å². The van der Waals surface area contributed by atoms with Crippen LogP contribution in [-0.4, -0.2) is 25.6 Å². The average Bonchev–Trinajstić information content (AvgIpc) is 2.96. The van der Waals surface area contributed by atoms with E-state index in [4.69, 9.17) is 5.73 Å². The van der Waals surface area contributed by atoms with Gasteiger partial charge >= 0.3 is 6.03 Å². The molecule has 0 aliphatic carbocycles. The van der Waals surface area contributed by atoms with Crippen molar-refractivity contribution in [3.8, 4) is 0 Å². The predicted molar refractivity (Wildman–Crippen MR) is 98.6 cm³/mol. The Labute approximate surface area is 140 Å². The van der Waals surface area contributed by atoms with Crippen molar-refractivity contribution in [1.29, 1.82) is 0 Å². The fourth-order valence-electron chi connectivity index (χ4n) is 1.12. The molecule has 132 valence electrons. The molecule has 0 aromatic carbocycles. The molecule has 0 aliphatic heterocycles. The number of aromatic nitrogens is 4. The van der Waals surface area contributed by atoms with E-state index in [2.05, 4.69) is 27.0 Å². The molecule has 2 rings (SSSR count). The number of urea groups is 1. The molecule has 7 nitrogen and oxygen atoms in total. The van der Waals surface area contributed by atoms with Gasteiger partial charge in [-0.3, -0.25) is 5.32 Å². The number of aryl methyl sites for hydroxylation is 1. The smallest absolute Gasteiger partial charge is 0.319 e. The lowest BCUT2D eigenvalue weighted by Crippen LogP contribution is -2.22. The van der Waals surface area contributed by atoms with Crippen LogP contribution in [0.1, 0.15) is 54.0 Å². The molecular weight excluding hydrogens is 292 g/mol. The van der Waals surface area contributed by atoms with Crippen LogP contribution < -0.4 is 11.1 Å². The van der Waals surface area contributed by atoms with Gasteiger partial charge in [-0.25, -0.2) is 14.8 Å². The van der Waals surface area contributed by atoms with E-state index in [1.807, 2.05) is 55.4 Å². The lowest BCUT2D eigenvalue weighted by Gasteiger charge is -2.01. The zero-order valence-electron chi connectivity index (χ0n) is 15.7. The molecule has 3 N–H and O–H groups in total. The summed E-state index contributed by atoms with van der Waals surface area (Å²) in [5, 5.41) is 6.34. The Balaban J connectivity index is -0.000000382. The highest BCUT2D eigenvalue weighted by Crippen LogP contribution is 2.09. The lowest BCUT2D eigenvalue weighted by molar-refractivity contribution is 0.259. The number of amides is 2. The van der Waals surface area contributed by atoms with E-state index in [-0.39, 0.29) is 5.95 Å². The minimum absolute atomic E-state index is 0.260. The number of fused-ring (bicyclic) bond motifs is 1. The number of carbonyl (C=O) groups is 1. The van der Waals surface area contributed by atoms with Gasteiger partial charge in [0.25, 0.3) is 0 Å². The Morgan fingerprint density at radius 3 is 2.13 bits per heavy atom. The van der Waals surface area contributed by atoms with E-state index in [0.29, 0.717) is 5.65 Å². The van der Waals surface area contributed by atoms with Crippen LogP contribution in [0.2, 0.25) is 0 Å². The molecule has 0 bridgehead atoms. The van der Waals surface area contributed by atoms with Crippen LogP contribution in [-0.2, 0) is 0 Å². The van der Waals surface area contributed by atoms with E-state index in [0.717, 1.165) is 5.56 Å². The third-order valence-corrected chi connectivity index (χ3v) is 1.72. The summed E-state index contributed by atoms with van der Waals surface area (Å²) in [6.45, 7) is 19.1. The van der Waals surface area contributed by atoms with Gasteiger partial charge in [-0.05, 0) is 13.8 Å². The van der Waals surface area contributed by atoms with Gasteiger partial charge in [0.1, 0.15) is 6.33 Å². The molecule has 0 saturated carbocycles. The van der Waals surface area contributed by atoms with E-state index in [9.17, 15) is 4.79 Å². The number of carbonyl (C=O) groups excluding carboxylic acids is 1. The summed E-state index contributed by atoms with van der Waals surface area (Å²) in [5.41, 5.74) is 6.52.